The molecule has 0 unspecified atom stereocenters. The van der Waals surface area contributed by atoms with E-state index in [1.54, 1.807) is 0 Å². The van der Waals surface area contributed by atoms with Crippen molar-refractivity contribution in [3.8, 4) is 5.88 Å². The first kappa shape index (κ1) is 16.2. The Balaban J connectivity index is 2.46. The lowest BCUT2D eigenvalue weighted by Crippen LogP contribution is -2.17. The van der Waals surface area contributed by atoms with Crippen molar-refractivity contribution < 1.29 is 32.0 Å². The summed E-state index contributed by atoms with van der Waals surface area (Å²) in [6, 6.07) is -0.0536. The first-order valence-corrected chi connectivity index (χ1v) is 5.69. The number of methoxy groups -OCH3 is 1. The fourth-order valence-electron chi connectivity index (χ4n) is 1.65. The van der Waals surface area contributed by atoms with Gasteiger partial charge in [0.1, 0.15) is 5.69 Å². The Labute approximate surface area is 124 Å². The number of nitrogens with zero attached hydrogens (tertiary/aromatic N) is 2. The average Bonchev–Trinajstić information content (AvgIpc) is 2.93. The molecule has 2 rings (SSSR count). The van der Waals surface area contributed by atoms with Gasteiger partial charge in [-0.05, 0) is 0 Å². The number of rotatable bonds is 4. The molecule has 1 amide bonds. The molecule has 0 atom stereocenters. The summed E-state index contributed by atoms with van der Waals surface area (Å²) >= 11 is 0. The van der Waals surface area contributed by atoms with Gasteiger partial charge in [0.25, 0.3) is 5.91 Å². The van der Waals surface area contributed by atoms with Crippen LogP contribution in [0.1, 0.15) is 10.5 Å². The number of H-pyrrole nitrogens is 1. The highest BCUT2D eigenvalue weighted by atomic mass is 19.2. The monoisotopic (exact) mass is 334 g/mol. The highest BCUT2D eigenvalue weighted by Gasteiger charge is 2.31. The van der Waals surface area contributed by atoms with Gasteiger partial charge in [0.05, 0.1) is 12.0 Å². The number of carbonyl (C=O) groups excluding carboxylic acids is 1. The van der Waals surface area contributed by atoms with Crippen LogP contribution in [-0.4, -0.2) is 28.1 Å². The summed E-state index contributed by atoms with van der Waals surface area (Å²) < 4.78 is 57.6. The van der Waals surface area contributed by atoms with E-state index >= 15 is 0 Å². The molecule has 0 saturated carbocycles. The van der Waals surface area contributed by atoms with Gasteiger partial charge < -0.3 is 10.1 Å². The van der Waals surface area contributed by atoms with E-state index in [0.717, 1.165) is 7.11 Å². The first-order valence-electron chi connectivity index (χ1n) is 5.69. The number of nitrogens with one attached hydrogen (secondary N) is 2. The maximum Gasteiger partial charge on any atom is 0.362 e. The van der Waals surface area contributed by atoms with Crippen LogP contribution in [-0.2, 0) is 0 Å². The maximum atomic E-state index is 13.5. The van der Waals surface area contributed by atoms with Crippen molar-refractivity contribution >= 4 is 17.3 Å². The van der Waals surface area contributed by atoms with Gasteiger partial charge in [0.15, 0.2) is 23.3 Å². The summed E-state index contributed by atoms with van der Waals surface area (Å²) in [6.07, 6.45) is 0. The minimum absolute atomic E-state index is 0.0536. The molecule has 0 aliphatic rings. The molecule has 122 valence electrons. The molecule has 2 N–H and O–H groups in total. The van der Waals surface area contributed by atoms with Crippen LogP contribution in [0.4, 0.5) is 28.9 Å². The van der Waals surface area contributed by atoms with Gasteiger partial charge in [-0.2, -0.15) is 0 Å². The second-order valence-corrected chi connectivity index (χ2v) is 4.01. The van der Waals surface area contributed by atoms with E-state index < -0.39 is 57.0 Å². The van der Waals surface area contributed by atoms with Crippen molar-refractivity contribution in [2.45, 2.75) is 0 Å². The summed E-state index contributed by atoms with van der Waals surface area (Å²) in [5, 5.41) is 17.6. The van der Waals surface area contributed by atoms with Crippen LogP contribution in [0.2, 0.25) is 0 Å². The standard InChI is InChI=1S/C11H6F4N4O4/c1-23-11-9(19(21)22)8(17-18-11)10(20)16-7-5(14)3(12)2-4(13)6(7)15/h2H,1H3,(H,16,20)(H,17,18). The number of aromatic amines is 1. The molecule has 0 bridgehead atoms. The van der Waals surface area contributed by atoms with E-state index in [2.05, 4.69) is 9.84 Å². The molecule has 1 heterocycles. The molecular weight excluding hydrogens is 328 g/mol. The third-order valence-corrected chi connectivity index (χ3v) is 2.66. The number of hydrogen-bond acceptors (Lipinski definition) is 5. The molecule has 8 nitrogen and oxygen atoms in total. The van der Waals surface area contributed by atoms with E-state index in [4.69, 9.17) is 0 Å². The van der Waals surface area contributed by atoms with E-state index in [9.17, 15) is 32.5 Å². The Morgan fingerprint density at radius 2 is 1.87 bits per heavy atom. The second kappa shape index (κ2) is 5.90. The topological polar surface area (TPSA) is 110 Å². The van der Waals surface area contributed by atoms with Crippen LogP contribution in [0.3, 0.4) is 0 Å². The lowest BCUT2D eigenvalue weighted by molar-refractivity contribution is -0.386. The third kappa shape index (κ3) is 2.77. The van der Waals surface area contributed by atoms with E-state index in [1.165, 1.54) is 5.32 Å². The Bertz CT molecular complexity index is 782. The fourth-order valence-corrected chi connectivity index (χ4v) is 1.65. The quantitative estimate of drug-likeness (QED) is 0.385. The van der Waals surface area contributed by atoms with Crippen molar-refractivity contribution in [2.75, 3.05) is 12.4 Å². The van der Waals surface area contributed by atoms with Gasteiger partial charge in [0.2, 0.25) is 5.69 Å². The summed E-state index contributed by atoms with van der Waals surface area (Å²) in [5.74, 6) is -9.26. The lowest BCUT2D eigenvalue weighted by atomic mass is 10.2. The van der Waals surface area contributed by atoms with Crippen molar-refractivity contribution in [2.24, 2.45) is 0 Å². The number of aromatic nitrogens is 2. The first-order chi connectivity index (χ1) is 10.8. The number of hydrogen-bond donors (Lipinski definition) is 2. The molecule has 12 heteroatoms. The summed E-state index contributed by atoms with van der Waals surface area (Å²) in [7, 11) is 1.03. The number of halogens is 4. The van der Waals surface area contributed by atoms with Crippen LogP contribution < -0.4 is 10.1 Å². The van der Waals surface area contributed by atoms with Crippen molar-refractivity contribution in [1.29, 1.82) is 0 Å². The number of carbonyl (C=O) groups is 1. The number of nitro groups is 1. The van der Waals surface area contributed by atoms with Gasteiger partial charge in [0, 0.05) is 6.07 Å². The predicted octanol–water partition coefficient (Wildman–Crippen LogP) is 2.14. The van der Waals surface area contributed by atoms with E-state index in [-0.39, 0.29) is 6.07 Å². The number of amides is 1. The Kier molecular flexibility index (Phi) is 4.16. The summed E-state index contributed by atoms with van der Waals surface area (Å²) in [4.78, 5) is 21.7. The largest absolute Gasteiger partial charge is 0.475 e. The van der Waals surface area contributed by atoms with Crippen molar-refractivity contribution in [3.63, 3.8) is 0 Å². The van der Waals surface area contributed by atoms with Gasteiger partial charge in [-0.15, -0.1) is 5.10 Å². The van der Waals surface area contributed by atoms with Gasteiger partial charge in [-0.25, -0.2) is 17.6 Å². The molecule has 0 spiro atoms. The number of anilines is 1. The molecule has 2 aromatic rings. The van der Waals surface area contributed by atoms with Crippen LogP contribution in [0.5, 0.6) is 5.88 Å². The Hall–Kier alpha value is -3.18. The molecule has 1 aromatic heterocycles. The molecular formula is C11H6F4N4O4. The average molecular weight is 334 g/mol. The normalized spacial score (nSPS) is 10.5. The third-order valence-electron chi connectivity index (χ3n) is 2.66. The zero-order chi connectivity index (χ0) is 17.3. The molecule has 0 saturated heterocycles. The smallest absolute Gasteiger partial charge is 0.362 e. The number of benzene rings is 1. The molecule has 0 aliphatic carbocycles. The highest BCUT2D eigenvalue weighted by molar-refractivity contribution is 6.06. The summed E-state index contributed by atoms with van der Waals surface area (Å²) in [6.45, 7) is 0. The second-order valence-electron chi connectivity index (χ2n) is 4.01. The van der Waals surface area contributed by atoms with Crippen LogP contribution in [0.15, 0.2) is 6.07 Å². The Morgan fingerprint density at radius 1 is 1.30 bits per heavy atom. The minimum Gasteiger partial charge on any atom is -0.475 e. The molecule has 23 heavy (non-hydrogen) atoms. The zero-order valence-corrected chi connectivity index (χ0v) is 11.1. The molecule has 0 aliphatic heterocycles. The van der Waals surface area contributed by atoms with Crippen LogP contribution in [0.25, 0.3) is 0 Å². The SMILES string of the molecule is COc1n[nH]c(C(=O)Nc2c(F)c(F)cc(F)c2F)c1[N+](=O)[O-]. The highest BCUT2D eigenvalue weighted by Crippen LogP contribution is 2.30. The molecule has 1 aromatic carbocycles. The van der Waals surface area contributed by atoms with Crippen molar-refractivity contribution in [1.82, 2.24) is 10.2 Å². The van der Waals surface area contributed by atoms with E-state index in [1.807, 2.05) is 5.10 Å². The minimum atomic E-state index is -1.87. The van der Waals surface area contributed by atoms with Gasteiger partial charge in [-0.3, -0.25) is 20.0 Å². The predicted molar refractivity (Wildman–Crippen MR) is 66.0 cm³/mol. The molecule has 0 fully saturated rings. The molecule has 0 radical (unpaired) electrons. The van der Waals surface area contributed by atoms with E-state index in [0.29, 0.717) is 0 Å². The van der Waals surface area contributed by atoms with Gasteiger partial charge >= 0.3 is 11.6 Å². The summed E-state index contributed by atoms with van der Waals surface area (Å²) in [5.41, 5.74) is -3.17. The van der Waals surface area contributed by atoms with Crippen LogP contribution >= 0.6 is 0 Å². The maximum absolute atomic E-state index is 13.5. The zero-order valence-electron chi connectivity index (χ0n) is 11.1. The van der Waals surface area contributed by atoms with Gasteiger partial charge in [-0.1, -0.05) is 0 Å². The Morgan fingerprint density at radius 3 is 2.35 bits per heavy atom. The van der Waals surface area contributed by atoms with Crippen LogP contribution in [0, 0.1) is 33.4 Å². The number of ether oxygens (including phenoxy) is 1. The van der Waals surface area contributed by atoms with Crippen molar-refractivity contribution in [3.05, 3.63) is 45.1 Å². The lowest BCUT2D eigenvalue weighted by Gasteiger charge is -2.07. The fraction of sp³-hybridized carbons (Fsp3) is 0.0909.